The fraction of sp³-hybridized carbons (Fsp3) is 0.273. The minimum atomic E-state index is -1.03. The quantitative estimate of drug-likeness (QED) is 0.0404. The third kappa shape index (κ3) is 23.1. The molecule has 0 spiro atoms. The Morgan fingerprint density at radius 3 is 0.616 bits per heavy atom. The average molecular weight is 1670 g/mol. The van der Waals surface area contributed by atoms with Crippen molar-refractivity contribution in [2.45, 2.75) is 79.8 Å². The Hall–Kier alpha value is -9.92. The number of para-hydroxylation sites is 4. The highest BCUT2D eigenvalue weighted by molar-refractivity contribution is 6.57. The van der Waals surface area contributed by atoms with Crippen molar-refractivity contribution in [3.8, 4) is 70.3 Å². The Morgan fingerprint density at radius 1 is 0.286 bits per heavy atom. The number of nitrogens with zero attached hydrogens (tertiary/aromatic N) is 4. The summed E-state index contributed by atoms with van der Waals surface area (Å²) in [6, 6.07) is 73.2. The summed E-state index contributed by atoms with van der Waals surface area (Å²) >= 11 is 45.8. The molecule has 0 unspecified atom stereocenters. The second-order valence-corrected chi connectivity index (χ2v) is 32.9. The summed E-state index contributed by atoms with van der Waals surface area (Å²) in [4.78, 5) is 50.4. The number of rotatable bonds is 24. The van der Waals surface area contributed by atoms with Crippen LogP contribution < -0.4 is 18.9 Å². The van der Waals surface area contributed by atoms with Gasteiger partial charge in [0.2, 0.25) is 24.4 Å². The molecule has 16 nitrogen and oxygen atoms in total. The molecule has 0 aliphatic heterocycles. The van der Waals surface area contributed by atoms with Gasteiger partial charge in [-0.2, -0.15) is 21.0 Å². The number of hydrogen-bond acceptors (Lipinski definition) is 16. The van der Waals surface area contributed by atoms with Gasteiger partial charge in [-0.15, -0.1) is 0 Å². The first kappa shape index (κ1) is 86.1. The lowest BCUT2D eigenvalue weighted by Crippen LogP contribution is -2.14. The Balaban J connectivity index is 0.000000171. The van der Waals surface area contributed by atoms with Gasteiger partial charge in [0.05, 0.1) is 23.7 Å². The predicted octanol–water partition coefficient (Wildman–Crippen LogP) is 24.7. The van der Waals surface area contributed by atoms with Crippen molar-refractivity contribution in [2.75, 3.05) is 0 Å². The van der Waals surface area contributed by atoms with E-state index in [1.807, 2.05) is 201 Å². The highest BCUT2D eigenvalue weighted by Crippen LogP contribution is 2.63. The zero-order chi connectivity index (χ0) is 81.2. The third-order valence-corrected chi connectivity index (χ3v) is 20.9. The molecule has 4 aliphatic rings. The summed E-state index contributed by atoms with van der Waals surface area (Å²) in [5.74, 6) is 1.16. The average Bonchev–Trinajstić information content (AvgIpc) is 1.59. The monoisotopic (exact) mass is 1660 g/mol. The van der Waals surface area contributed by atoms with Gasteiger partial charge in [-0.25, -0.2) is 0 Å². The fourth-order valence-electron chi connectivity index (χ4n) is 13.2. The van der Waals surface area contributed by atoms with E-state index in [1.165, 1.54) is 0 Å². The van der Waals surface area contributed by atoms with E-state index in [-0.39, 0.29) is 87.0 Å². The second-order valence-electron chi connectivity index (χ2n) is 28.9. The summed E-state index contributed by atoms with van der Waals surface area (Å²) in [5, 5.41) is 38.1. The maximum Gasteiger partial charge on any atom is 0.311 e. The van der Waals surface area contributed by atoms with Crippen molar-refractivity contribution in [3.63, 3.8) is 0 Å². The van der Waals surface area contributed by atoms with E-state index in [2.05, 4.69) is 0 Å². The van der Waals surface area contributed by atoms with Crippen LogP contribution in [0.25, 0.3) is 0 Å². The van der Waals surface area contributed by atoms with Crippen molar-refractivity contribution < 1.29 is 57.1 Å². The van der Waals surface area contributed by atoms with E-state index in [4.69, 9.17) is 131 Å². The number of hydrogen-bond donors (Lipinski definition) is 0. The van der Waals surface area contributed by atoms with E-state index >= 15 is 0 Å². The molecule has 0 bridgehead atoms. The molecule has 0 N–H and O–H groups in total. The summed E-state index contributed by atoms with van der Waals surface area (Å²) in [7, 11) is 0. The molecule has 0 heterocycles. The summed E-state index contributed by atoms with van der Waals surface area (Å²) < 4.78 is 45.6. The first-order chi connectivity index (χ1) is 53.3. The zero-order valence-electron chi connectivity index (χ0n) is 61.7. The summed E-state index contributed by atoms with van der Waals surface area (Å²) in [6.07, 6.45) is 2.46. The lowest BCUT2D eigenvalue weighted by molar-refractivity contribution is -0.150. The van der Waals surface area contributed by atoms with Crippen molar-refractivity contribution in [1.29, 1.82) is 21.0 Å². The van der Waals surface area contributed by atoms with Crippen LogP contribution in [0.5, 0.6) is 46.0 Å². The molecule has 8 aromatic rings. The van der Waals surface area contributed by atoms with Crippen LogP contribution in [0, 0.1) is 114 Å². The smallest absolute Gasteiger partial charge is 0.311 e. The van der Waals surface area contributed by atoms with E-state index in [0.29, 0.717) is 68.2 Å². The maximum absolute atomic E-state index is 12.6. The first-order valence-electron chi connectivity index (χ1n) is 35.1. The molecule has 576 valence electrons. The lowest BCUT2D eigenvalue weighted by Gasteiger charge is -2.13. The molecule has 112 heavy (non-hydrogen) atoms. The zero-order valence-corrected chi connectivity index (χ0v) is 67.8. The lowest BCUT2D eigenvalue weighted by atomic mass is 10.1. The van der Waals surface area contributed by atoms with Crippen LogP contribution in [0.1, 0.15) is 102 Å². The van der Waals surface area contributed by atoms with Crippen molar-refractivity contribution >= 4 is 117 Å². The standard InChI is InChI=1S/4C22H19Cl2NO3/c4*1-22(2)17(12-19(23)24)20(22)21(26)28-18(13-25)14-7-6-10-16(11-14)27-15-8-4-3-5-9-15/h4*3-12,17-18,20H,1-2H3/t2*17-,18+,20-;2*17-,18-,20+/m1010/s1. The van der Waals surface area contributed by atoms with Crippen LogP contribution in [0.2, 0.25) is 0 Å². The van der Waals surface area contributed by atoms with Crippen molar-refractivity contribution in [1.82, 2.24) is 0 Å². The van der Waals surface area contributed by atoms with Gasteiger partial charge in [0.15, 0.2) is 0 Å². The van der Waals surface area contributed by atoms with Gasteiger partial charge in [-0.3, -0.25) is 19.2 Å². The van der Waals surface area contributed by atoms with Crippen LogP contribution in [-0.4, -0.2) is 23.9 Å². The fourth-order valence-corrected chi connectivity index (χ4v) is 14.3. The summed E-state index contributed by atoms with van der Waals surface area (Å²) in [5.41, 5.74) is 0.926. The SMILES string of the molecule is CC1(C)[C@@H](C=C(Cl)Cl)[C@@H]1C(=O)O[C@@H](C#N)c1cccc(Oc2ccccc2)c1.CC1(C)[C@H](C(=O)O[C@H](C#N)c2cccc(Oc3ccccc3)c2)[C@@H]1C=C(Cl)Cl.CC1(C)[C@H](C=C(Cl)Cl)[C@@H]1C(=O)O[C@@H](C#N)c1cccc(Oc2ccccc2)c1.CC1(C)[C@H](C=C(Cl)Cl)[C@H]1C(=O)O[C@H](C#N)c1cccc(Oc2ccccc2)c1. The third-order valence-electron chi connectivity index (χ3n) is 19.8. The highest BCUT2D eigenvalue weighted by atomic mass is 35.5. The Kier molecular flexibility index (Phi) is 29.6. The topological polar surface area (TPSA) is 237 Å². The Morgan fingerprint density at radius 2 is 0.455 bits per heavy atom. The molecular weight excluding hydrogens is 1590 g/mol. The first-order valence-corrected chi connectivity index (χ1v) is 38.2. The number of carbonyl (C=O) groups excluding carboxylic acids is 4. The number of carbonyl (C=O) groups is 4. The normalized spacial score (nSPS) is 20.4. The van der Waals surface area contributed by atoms with E-state index in [9.17, 15) is 40.2 Å². The molecular formula is C88H76Cl8N4O12. The molecule has 8 aromatic carbocycles. The van der Waals surface area contributed by atoms with Gasteiger partial charge in [0, 0.05) is 22.3 Å². The molecule has 12 atom stereocenters. The largest absolute Gasteiger partial charge is 0.457 e. The van der Waals surface area contributed by atoms with Gasteiger partial charge in [0.1, 0.15) is 88.2 Å². The van der Waals surface area contributed by atoms with Gasteiger partial charge >= 0.3 is 23.9 Å². The van der Waals surface area contributed by atoms with Crippen LogP contribution >= 0.6 is 92.8 Å². The van der Waals surface area contributed by atoms with Crippen LogP contribution in [0.3, 0.4) is 0 Å². The molecule has 4 aliphatic carbocycles. The van der Waals surface area contributed by atoms with Crippen LogP contribution in [0.15, 0.2) is 261 Å². The minimum absolute atomic E-state index is 0.114. The van der Waals surface area contributed by atoms with Gasteiger partial charge in [-0.1, -0.05) is 270 Å². The molecule has 0 saturated heterocycles. The second kappa shape index (κ2) is 38.5. The molecule has 0 radical (unpaired) electrons. The van der Waals surface area contributed by atoms with Crippen LogP contribution in [-0.2, 0) is 38.1 Å². The number of halogens is 8. The molecule has 24 heteroatoms. The molecule has 4 saturated carbocycles. The molecule has 0 amide bonds. The van der Waals surface area contributed by atoms with Crippen molar-refractivity contribution in [2.24, 2.45) is 69.0 Å². The van der Waals surface area contributed by atoms with Gasteiger partial charge in [0.25, 0.3) is 0 Å². The van der Waals surface area contributed by atoms with Gasteiger partial charge < -0.3 is 37.9 Å². The van der Waals surface area contributed by atoms with Crippen molar-refractivity contribution in [3.05, 3.63) is 283 Å². The number of allylic oxidation sites excluding steroid dienone is 4. The Labute approximate surface area is 691 Å². The van der Waals surface area contributed by atoms with E-state index < -0.39 is 48.3 Å². The molecule has 12 rings (SSSR count). The predicted molar refractivity (Wildman–Crippen MR) is 432 cm³/mol. The number of nitriles is 4. The molecule has 0 aromatic heterocycles. The van der Waals surface area contributed by atoms with E-state index in [1.54, 1.807) is 121 Å². The van der Waals surface area contributed by atoms with Gasteiger partial charge in [-0.05, 0) is 167 Å². The highest BCUT2D eigenvalue weighted by Gasteiger charge is 2.65. The van der Waals surface area contributed by atoms with Crippen LogP contribution in [0.4, 0.5) is 0 Å². The summed E-state index contributed by atoms with van der Waals surface area (Å²) in [6.45, 7) is 15.5. The number of ether oxygens (including phenoxy) is 8. The number of esters is 4. The molecule has 4 fully saturated rings. The maximum atomic E-state index is 12.6. The minimum Gasteiger partial charge on any atom is -0.457 e. The Bertz CT molecular complexity index is 4340. The van der Waals surface area contributed by atoms with E-state index in [0.717, 1.165) is 0 Å². The number of benzene rings is 8.